The van der Waals surface area contributed by atoms with E-state index in [0.717, 1.165) is 37.8 Å². The summed E-state index contributed by atoms with van der Waals surface area (Å²) >= 11 is 0. The Hall–Kier alpha value is -2.58. The third-order valence-corrected chi connectivity index (χ3v) is 5.81. The quantitative estimate of drug-likeness (QED) is 0.747. The molecule has 2 fully saturated rings. The molecule has 1 aliphatic carbocycles. The number of nitrogens with one attached hydrogen (secondary N) is 2. The second kappa shape index (κ2) is 7.68. The summed E-state index contributed by atoms with van der Waals surface area (Å²) in [4.78, 5) is 38.4. The summed E-state index contributed by atoms with van der Waals surface area (Å²) in [5, 5.41) is 5.18. The number of nitrogens with zero attached hydrogens (tertiary/aromatic N) is 1. The van der Waals surface area contributed by atoms with E-state index in [-0.39, 0.29) is 11.6 Å². The Kier molecular flexibility index (Phi) is 5.60. The molecule has 0 spiro atoms. The predicted octanol–water partition coefficient (Wildman–Crippen LogP) is 3.17. The van der Waals surface area contributed by atoms with E-state index < -0.39 is 41.7 Å². The molecule has 4 amide bonds. The maximum absolute atomic E-state index is 13.4. The van der Waals surface area contributed by atoms with Gasteiger partial charge in [0.05, 0.1) is 5.56 Å². The molecule has 0 aromatic heterocycles. The number of rotatable bonds is 4. The highest BCUT2D eigenvalue weighted by molar-refractivity contribution is 6.09. The highest BCUT2D eigenvalue weighted by atomic mass is 19.4. The molecule has 1 aromatic rings. The van der Waals surface area contributed by atoms with Gasteiger partial charge in [0.1, 0.15) is 12.1 Å². The van der Waals surface area contributed by atoms with Gasteiger partial charge in [-0.3, -0.25) is 14.5 Å². The van der Waals surface area contributed by atoms with E-state index >= 15 is 0 Å². The molecule has 0 radical (unpaired) electrons. The summed E-state index contributed by atoms with van der Waals surface area (Å²) in [6, 6.07) is 3.69. The van der Waals surface area contributed by atoms with Crippen LogP contribution in [0, 0.1) is 5.92 Å². The fraction of sp³-hybridized carbons (Fsp3) is 0.550. The molecule has 1 saturated carbocycles. The zero-order valence-electron chi connectivity index (χ0n) is 16.3. The lowest BCUT2D eigenvalue weighted by Gasteiger charge is -2.30. The van der Waals surface area contributed by atoms with Crippen LogP contribution in [0.4, 0.5) is 18.0 Å². The molecule has 1 heterocycles. The van der Waals surface area contributed by atoms with Crippen LogP contribution in [0.25, 0.3) is 0 Å². The lowest BCUT2D eigenvalue weighted by atomic mass is 9.86. The van der Waals surface area contributed by atoms with Crippen LogP contribution in [0.5, 0.6) is 0 Å². The molecule has 3 rings (SSSR count). The fourth-order valence-electron chi connectivity index (χ4n) is 4.12. The topological polar surface area (TPSA) is 78.5 Å². The predicted molar refractivity (Wildman–Crippen MR) is 98.6 cm³/mol. The zero-order valence-corrected chi connectivity index (χ0v) is 16.3. The second-order valence-corrected chi connectivity index (χ2v) is 7.93. The van der Waals surface area contributed by atoms with Crippen molar-refractivity contribution in [1.29, 1.82) is 0 Å². The Morgan fingerprint density at radius 1 is 1.24 bits per heavy atom. The molecule has 29 heavy (non-hydrogen) atoms. The molecule has 1 saturated heterocycles. The first-order valence-electron chi connectivity index (χ1n) is 9.64. The van der Waals surface area contributed by atoms with E-state index in [0.29, 0.717) is 10.8 Å². The number of benzene rings is 1. The highest BCUT2D eigenvalue weighted by Crippen LogP contribution is 2.39. The van der Waals surface area contributed by atoms with Crippen molar-refractivity contribution in [3.05, 3.63) is 35.4 Å². The zero-order chi connectivity index (χ0) is 21.4. The van der Waals surface area contributed by atoms with Crippen molar-refractivity contribution in [2.24, 2.45) is 5.92 Å². The van der Waals surface area contributed by atoms with Gasteiger partial charge in [0.25, 0.3) is 5.91 Å². The standard InChI is InChI=1S/C20H24F3N3O3/c1-12-7-3-6-10-15(12)24-16(27)11-26-17(28)19(2,25-18(26)29)13-8-4-5-9-14(13)20(21,22)23/h4-5,8-9,12,15H,3,6-7,10-11H2,1-2H3,(H,24,27)(H,25,29)/t12-,15-,19+/m1/s1. The number of carbonyl (C=O) groups is 3. The smallest absolute Gasteiger partial charge is 0.352 e. The van der Waals surface area contributed by atoms with Gasteiger partial charge in [-0.2, -0.15) is 13.2 Å². The Labute approximate surface area is 166 Å². The van der Waals surface area contributed by atoms with Crippen LogP contribution >= 0.6 is 0 Å². The van der Waals surface area contributed by atoms with Crippen molar-refractivity contribution < 1.29 is 27.6 Å². The van der Waals surface area contributed by atoms with Gasteiger partial charge in [0.2, 0.25) is 5.91 Å². The second-order valence-electron chi connectivity index (χ2n) is 7.93. The van der Waals surface area contributed by atoms with E-state index in [9.17, 15) is 27.6 Å². The molecule has 158 valence electrons. The molecule has 0 bridgehead atoms. The average Bonchev–Trinajstić information content (AvgIpc) is 2.87. The van der Waals surface area contributed by atoms with Gasteiger partial charge in [0, 0.05) is 6.04 Å². The van der Waals surface area contributed by atoms with Gasteiger partial charge < -0.3 is 10.6 Å². The Balaban J connectivity index is 1.78. The largest absolute Gasteiger partial charge is 0.416 e. The molecule has 0 unspecified atom stereocenters. The number of hydrogen-bond acceptors (Lipinski definition) is 3. The average molecular weight is 411 g/mol. The van der Waals surface area contributed by atoms with Crippen LogP contribution in [-0.4, -0.2) is 35.3 Å². The monoisotopic (exact) mass is 411 g/mol. The van der Waals surface area contributed by atoms with Crippen molar-refractivity contribution in [3.63, 3.8) is 0 Å². The molecule has 3 atom stereocenters. The molecule has 6 nitrogen and oxygen atoms in total. The van der Waals surface area contributed by atoms with Gasteiger partial charge in [-0.05, 0) is 37.3 Å². The third-order valence-electron chi connectivity index (χ3n) is 5.81. The number of carbonyl (C=O) groups excluding carboxylic acids is 3. The molecule has 2 N–H and O–H groups in total. The Morgan fingerprint density at radius 3 is 2.55 bits per heavy atom. The first-order chi connectivity index (χ1) is 13.5. The number of amides is 4. The minimum absolute atomic E-state index is 0.0330. The summed E-state index contributed by atoms with van der Waals surface area (Å²) in [5.41, 5.74) is -3.25. The number of alkyl halides is 3. The normalized spacial score (nSPS) is 27.7. The van der Waals surface area contributed by atoms with Crippen LogP contribution in [0.1, 0.15) is 50.7 Å². The van der Waals surface area contributed by atoms with Gasteiger partial charge in [-0.15, -0.1) is 0 Å². The van der Waals surface area contributed by atoms with Crippen LogP contribution in [0.2, 0.25) is 0 Å². The first-order valence-corrected chi connectivity index (χ1v) is 9.64. The number of hydrogen-bond donors (Lipinski definition) is 2. The van der Waals surface area contributed by atoms with Crippen LogP contribution < -0.4 is 10.6 Å². The van der Waals surface area contributed by atoms with Crippen molar-refractivity contribution in [2.75, 3.05) is 6.54 Å². The summed E-state index contributed by atoms with van der Waals surface area (Å²) in [7, 11) is 0. The van der Waals surface area contributed by atoms with Crippen molar-refractivity contribution in [1.82, 2.24) is 15.5 Å². The van der Waals surface area contributed by atoms with E-state index in [1.54, 1.807) is 0 Å². The summed E-state index contributed by atoms with van der Waals surface area (Å²) < 4.78 is 40.2. The van der Waals surface area contributed by atoms with Crippen molar-refractivity contribution >= 4 is 17.8 Å². The van der Waals surface area contributed by atoms with Crippen LogP contribution in [0.15, 0.2) is 24.3 Å². The molecule has 1 aromatic carbocycles. The van der Waals surface area contributed by atoms with Gasteiger partial charge in [-0.1, -0.05) is 38.0 Å². The lowest BCUT2D eigenvalue weighted by Crippen LogP contribution is -2.47. The van der Waals surface area contributed by atoms with Crippen LogP contribution in [0.3, 0.4) is 0 Å². The van der Waals surface area contributed by atoms with Gasteiger partial charge in [0.15, 0.2) is 0 Å². The summed E-state index contributed by atoms with van der Waals surface area (Å²) in [5.74, 6) is -1.09. The van der Waals surface area contributed by atoms with Gasteiger partial charge in [-0.25, -0.2) is 4.79 Å². The summed E-state index contributed by atoms with van der Waals surface area (Å²) in [6.07, 6.45) is -0.793. The van der Waals surface area contributed by atoms with Crippen molar-refractivity contribution in [3.8, 4) is 0 Å². The fourth-order valence-corrected chi connectivity index (χ4v) is 4.12. The number of imide groups is 1. The SMILES string of the molecule is C[C@@H]1CCCC[C@H]1NC(=O)CN1C(=O)N[C@@](C)(c2ccccc2C(F)(F)F)C1=O. The third kappa shape index (κ3) is 4.09. The van der Waals surface area contributed by atoms with Crippen molar-refractivity contribution in [2.45, 2.75) is 57.3 Å². The molecule has 9 heteroatoms. The maximum atomic E-state index is 13.4. The molecular weight excluding hydrogens is 387 g/mol. The number of halogens is 3. The van der Waals surface area contributed by atoms with E-state index in [1.807, 2.05) is 6.92 Å². The van der Waals surface area contributed by atoms with E-state index in [1.165, 1.54) is 19.1 Å². The minimum Gasteiger partial charge on any atom is -0.352 e. The first kappa shape index (κ1) is 21.1. The number of urea groups is 1. The minimum atomic E-state index is -4.69. The Morgan fingerprint density at radius 2 is 1.90 bits per heavy atom. The molecular formula is C20H24F3N3O3. The molecule has 2 aliphatic rings. The maximum Gasteiger partial charge on any atom is 0.416 e. The van der Waals surface area contributed by atoms with E-state index in [2.05, 4.69) is 10.6 Å². The van der Waals surface area contributed by atoms with E-state index in [4.69, 9.17) is 0 Å². The highest BCUT2D eigenvalue weighted by Gasteiger charge is 2.52. The molecule has 1 aliphatic heterocycles. The van der Waals surface area contributed by atoms with Crippen LogP contribution in [-0.2, 0) is 21.3 Å². The van der Waals surface area contributed by atoms with Gasteiger partial charge >= 0.3 is 12.2 Å². The summed E-state index contributed by atoms with van der Waals surface area (Å²) in [6.45, 7) is 2.72. The lowest BCUT2D eigenvalue weighted by molar-refractivity contribution is -0.140. The Bertz CT molecular complexity index is 827.